The van der Waals surface area contributed by atoms with E-state index in [1.807, 2.05) is 0 Å². The number of nitrogens with zero attached hydrogens (tertiary/aromatic N) is 1. The Bertz CT molecular complexity index is 326. The number of fused-ring (bicyclic) bond motifs is 1. The van der Waals surface area contributed by atoms with E-state index in [0.29, 0.717) is 30.0 Å². The predicted octanol–water partition coefficient (Wildman–Crippen LogP) is 0.582. The van der Waals surface area contributed by atoms with Gasteiger partial charge < -0.3 is 10.6 Å². The lowest BCUT2D eigenvalue weighted by Gasteiger charge is -2.31. The first-order valence-corrected chi connectivity index (χ1v) is 7.38. The molecule has 1 aliphatic carbocycles. The summed E-state index contributed by atoms with van der Waals surface area (Å²) in [6, 6.07) is 1.56. The third-order valence-electron chi connectivity index (χ3n) is 5.25. The van der Waals surface area contributed by atoms with Crippen LogP contribution < -0.4 is 10.6 Å². The van der Waals surface area contributed by atoms with Crippen molar-refractivity contribution in [3.63, 3.8) is 0 Å². The quantitative estimate of drug-likeness (QED) is 0.771. The minimum Gasteiger partial charge on any atom is -0.351 e. The van der Waals surface area contributed by atoms with Gasteiger partial charge in [-0.1, -0.05) is 0 Å². The molecule has 0 aromatic heterocycles. The largest absolute Gasteiger partial charge is 0.351 e. The Labute approximate surface area is 109 Å². The molecule has 0 aromatic carbocycles. The second-order valence-corrected chi connectivity index (χ2v) is 6.42. The van der Waals surface area contributed by atoms with Gasteiger partial charge in [-0.15, -0.1) is 0 Å². The van der Waals surface area contributed by atoms with E-state index in [2.05, 4.69) is 36.3 Å². The SMILES string of the molecule is CC1CCC(C)N1C(C)C(=O)NC1C2CNCC21. The molecular formula is C14H25N3O. The third kappa shape index (κ3) is 1.95. The molecule has 4 heteroatoms. The molecule has 1 amide bonds. The molecule has 2 heterocycles. The van der Waals surface area contributed by atoms with E-state index in [9.17, 15) is 4.79 Å². The zero-order chi connectivity index (χ0) is 12.9. The number of piperidine rings is 1. The molecular weight excluding hydrogens is 226 g/mol. The number of rotatable bonds is 3. The van der Waals surface area contributed by atoms with Gasteiger partial charge in [0.05, 0.1) is 6.04 Å². The van der Waals surface area contributed by atoms with Crippen LogP contribution in [0.15, 0.2) is 0 Å². The van der Waals surface area contributed by atoms with Crippen LogP contribution in [0.5, 0.6) is 0 Å². The number of amides is 1. The van der Waals surface area contributed by atoms with Crippen LogP contribution in [0.1, 0.15) is 33.6 Å². The summed E-state index contributed by atoms with van der Waals surface area (Å²) in [5.41, 5.74) is 0. The van der Waals surface area contributed by atoms with Gasteiger partial charge in [-0.25, -0.2) is 0 Å². The fraction of sp³-hybridized carbons (Fsp3) is 0.929. The Balaban J connectivity index is 1.55. The molecule has 2 saturated heterocycles. The fourth-order valence-electron chi connectivity index (χ4n) is 4.03. The Morgan fingerprint density at radius 3 is 2.33 bits per heavy atom. The predicted molar refractivity (Wildman–Crippen MR) is 71.2 cm³/mol. The van der Waals surface area contributed by atoms with E-state index in [-0.39, 0.29) is 11.9 Å². The van der Waals surface area contributed by atoms with Gasteiger partial charge in [0.1, 0.15) is 0 Å². The smallest absolute Gasteiger partial charge is 0.237 e. The van der Waals surface area contributed by atoms with Crippen LogP contribution in [-0.2, 0) is 4.79 Å². The molecule has 0 spiro atoms. The van der Waals surface area contributed by atoms with Gasteiger partial charge in [0.2, 0.25) is 5.91 Å². The molecule has 102 valence electrons. The lowest BCUT2D eigenvalue weighted by molar-refractivity contribution is -0.127. The van der Waals surface area contributed by atoms with E-state index in [1.54, 1.807) is 0 Å². The molecule has 2 aliphatic heterocycles. The van der Waals surface area contributed by atoms with Crippen LogP contribution >= 0.6 is 0 Å². The second-order valence-electron chi connectivity index (χ2n) is 6.42. The Hall–Kier alpha value is -0.610. The summed E-state index contributed by atoms with van der Waals surface area (Å²) < 4.78 is 0. The Morgan fingerprint density at radius 2 is 1.78 bits per heavy atom. The molecule has 2 N–H and O–H groups in total. The minimum atomic E-state index is 0.0202. The van der Waals surface area contributed by atoms with Crippen molar-refractivity contribution < 1.29 is 4.79 Å². The van der Waals surface area contributed by atoms with Gasteiger partial charge >= 0.3 is 0 Å². The van der Waals surface area contributed by atoms with Gasteiger partial charge in [0, 0.05) is 31.2 Å². The maximum absolute atomic E-state index is 12.3. The lowest BCUT2D eigenvalue weighted by atomic mass is 10.2. The fourth-order valence-corrected chi connectivity index (χ4v) is 4.03. The van der Waals surface area contributed by atoms with Crippen LogP contribution in [-0.4, -0.2) is 48.1 Å². The highest BCUT2D eigenvalue weighted by Crippen LogP contribution is 2.41. The zero-order valence-electron chi connectivity index (χ0n) is 11.6. The van der Waals surface area contributed by atoms with Gasteiger partial charge in [-0.3, -0.25) is 9.69 Å². The van der Waals surface area contributed by atoms with E-state index in [1.165, 1.54) is 12.8 Å². The highest BCUT2D eigenvalue weighted by Gasteiger charge is 2.54. The number of hydrogen-bond acceptors (Lipinski definition) is 3. The minimum absolute atomic E-state index is 0.0202. The number of carbonyl (C=O) groups is 1. The topological polar surface area (TPSA) is 44.4 Å². The number of carbonyl (C=O) groups excluding carboxylic acids is 1. The van der Waals surface area contributed by atoms with Crippen molar-refractivity contribution in [1.29, 1.82) is 0 Å². The number of likely N-dealkylation sites (tertiary alicyclic amines) is 1. The van der Waals surface area contributed by atoms with Crippen LogP contribution in [0.25, 0.3) is 0 Å². The second kappa shape index (κ2) is 4.49. The maximum atomic E-state index is 12.3. The normalized spacial score (nSPS) is 44.7. The number of hydrogen-bond donors (Lipinski definition) is 2. The summed E-state index contributed by atoms with van der Waals surface area (Å²) >= 11 is 0. The number of nitrogens with one attached hydrogen (secondary N) is 2. The van der Waals surface area contributed by atoms with Crippen LogP contribution in [0, 0.1) is 11.8 Å². The molecule has 0 bridgehead atoms. The van der Waals surface area contributed by atoms with Crippen molar-refractivity contribution in [2.75, 3.05) is 13.1 Å². The monoisotopic (exact) mass is 251 g/mol. The van der Waals surface area contributed by atoms with Crippen LogP contribution in [0.4, 0.5) is 0 Å². The summed E-state index contributed by atoms with van der Waals surface area (Å²) in [7, 11) is 0. The molecule has 18 heavy (non-hydrogen) atoms. The lowest BCUT2D eigenvalue weighted by Crippen LogP contribution is -2.50. The molecule has 3 rings (SSSR count). The Morgan fingerprint density at radius 1 is 1.22 bits per heavy atom. The van der Waals surface area contributed by atoms with Crippen molar-refractivity contribution in [2.45, 2.75) is 57.8 Å². The van der Waals surface area contributed by atoms with E-state index in [4.69, 9.17) is 0 Å². The Kier molecular flexibility index (Phi) is 3.10. The molecule has 0 aromatic rings. The average molecular weight is 251 g/mol. The summed E-state index contributed by atoms with van der Waals surface area (Å²) in [5, 5.41) is 6.61. The molecule has 5 unspecified atom stereocenters. The first kappa shape index (κ1) is 12.4. The van der Waals surface area contributed by atoms with Crippen molar-refractivity contribution in [3.05, 3.63) is 0 Å². The standard InChI is InChI=1S/C14H25N3O/c1-8-4-5-9(2)17(8)10(3)14(18)16-13-11-6-15-7-12(11)13/h8-13,15H,4-7H2,1-3H3,(H,16,18). The van der Waals surface area contributed by atoms with Gasteiger partial charge in [0.25, 0.3) is 0 Å². The summed E-state index contributed by atoms with van der Waals surface area (Å²) in [6.07, 6.45) is 2.44. The van der Waals surface area contributed by atoms with E-state index < -0.39 is 0 Å². The molecule has 5 atom stereocenters. The first-order chi connectivity index (χ1) is 8.59. The summed E-state index contributed by atoms with van der Waals surface area (Å²) in [4.78, 5) is 14.7. The summed E-state index contributed by atoms with van der Waals surface area (Å²) in [5.74, 6) is 1.64. The molecule has 1 saturated carbocycles. The molecule has 3 aliphatic rings. The zero-order valence-corrected chi connectivity index (χ0v) is 11.6. The van der Waals surface area contributed by atoms with Gasteiger partial charge in [-0.05, 0) is 45.4 Å². The average Bonchev–Trinajstić information content (AvgIpc) is 2.71. The van der Waals surface area contributed by atoms with Crippen molar-refractivity contribution >= 4 is 5.91 Å². The highest BCUT2D eigenvalue weighted by atomic mass is 16.2. The van der Waals surface area contributed by atoms with Gasteiger partial charge in [0.15, 0.2) is 0 Å². The third-order valence-corrected chi connectivity index (χ3v) is 5.25. The first-order valence-electron chi connectivity index (χ1n) is 7.38. The molecule has 3 fully saturated rings. The summed E-state index contributed by atoms with van der Waals surface area (Å²) in [6.45, 7) is 8.71. The highest BCUT2D eigenvalue weighted by molar-refractivity contribution is 5.82. The molecule has 4 nitrogen and oxygen atoms in total. The van der Waals surface area contributed by atoms with E-state index in [0.717, 1.165) is 13.1 Å². The van der Waals surface area contributed by atoms with Crippen molar-refractivity contribution in [3.8, 4) is 0 Å². The van der Waals surface area contributed by atoms with Gasteiger partial charge in [-0.2, -0.15) is 0 Å². The maximum Gasteiger partial charge on any atom is 0.237 e. The van der Waals surface area contributed by atoms with Crippen LogP contribution in [0.3, 0.4) is 0 Å². The van der Waals surface area contributed by atoms with Crippen molar-refractivity contribution in [1.82, 2.24) is 15.5 Å². The van der Waals surface area contributed by atoms with Crippen molar-refractivity contribution in [2.24, 2.45) is 11.8 Å². The van der Waals surface area contributed by atoms with Crippen LogP contribution in [0.2, 0.25) is 0 Å². The molecule has 0 radical (unpaired) electrons. The van der Waals surface area contributed by atoms with E-state index >= 15 is 0 Å².